The highest BCUT2D eigenvalue weighted by molar-refractivity contribution is 7.89. The summed E-state index contributed by atoms with van der Waals surface area (Å²) in [5, 5.41) is 0. The molecule has 2 saturated heterocycles. The number of hydrogen-bond acceptors (Lipinski definition) is 3. The van der Waals surface area contributed by atoms with Gasteiger partial charge >= 0.3 is 0 Å². The van der Waals surface area contributed by atoms with Crippen molar-refractivity contribution >= 4 is 10.0 Å². The van der Waals surface area contributed by atoms with Gasteiger partial charge in [-0.05, 0) is 29.4 Å². The van der Waals surface area contributed by atoms with E-state index in [1.165, 1.54) is 0 Å². The fourth-order valence-electron chi connectivity index (χ4n) is 3.78. The number of rotatable bonds is 3. The molecule has 122 valence electrons. The molecule has 2 fully saturated rings. The van der Waals surface area contributed by atoms with E-state index in [2.05, 4.69) is 25.7 Å². The molecule has 0 aliphatic carbocycles. The second kappa shape index (κ2) is 5.62. The molecule has 5 heteroatoms. The molecule has 0 radical (unpaired) electrons. The lowest BCUT2D eigenvalue weighted by Gasteiger charge is -2.27. The molecule has 0 saturated carbocycles. The highest BCUT2D eigenvalue weighted by Crippen LogP contribution is 2.35. The number of sulfonamides is 1. The fourth-order valence-corrected chi connectivity index (χ4v) is 5.36. The molecule has 1 aromatic rings. The lowest BCUT2D eigenvalue weighted by atomic mass is 9.96. The van der Waals surface area contributed by atoms with E-state index >= 15 is 0 Å². The molecular weight excluding hydrogens is 296 g/mol. The normalized spacial score (nSPS) is 27.2. The van der Waals surface area contributed by atoms with Crippen molar-refractivity contribution in [2.45, 2.75) is 25.7 Å². The van der Waals surface area contributed by atoms with E-state index in [9.17, 15) is 8.42 Å². The Balaban J connectivity index is 1.66. The molecule has 3 rings (SSSR count). The summed E-state index contributed by atoms with van der Waals surface area (Å²) < 4.78 is 27.1. The zero-order chi connectivity index (χ0) is 16.0. The standard InChI is InChI=1S/C17H26N2O2S/c1-17(2,3)13-18-9-14-11-19(12-15(14)10-18)22(20,21)16-7-5-4-6-8-16/h4-8,14-15H,9-13H2,1-3H3/t14-,15+. The molecule has 2 aliphatic heterocycles. The van der Waals surface area contributed by atoms with Gasteiger partial charge in [0.2, 0.25) is 10.0 Å². The number of benzene rings is 1. The first-order valence-corrected chi connectivity index (χ1v) is 9.47. The minimum absolute atomic E-state index is 0.300. The van der Waals surface area contributed by atoms with Gasteiger partial charge in [-0.1, -0.05) is 39.0 Å². The Morgan fingerprint density at radius 3 is 2.05 bits per heavy atom. The number of likely N-dealkylation sites (tertiary alicyclic amines) is 1. The minimum Gasteiger partial charge on any atom is -0.302 e. The quantitative estimate of drug-likeness (QED) is 0.857. The van der Waals surface area contributed by atoms with E-state index in [1.54, 1.807) is 28.6 Å². The molecule has 0 aromatic heterocycles. The Hall–Kier alpha value is -0.910. The molecule has 4 nitrogen and oxygen atoms in total. The van der Waals surface area contributed by atoms with Crippen LogP contribution in [0.1, 0.15) is 20.8 Å². The molecule has 0 unspecified atom stereocenters. The van der Waals surface area contributed by atoms with Crippen LogP contribution in [0.25, 0.3) is 0 Å². The highest BCUT2D eigenvalue weighted by atomic mass is 32.2. The molecule has 0 bridgehead atoms. The minimum atomic E-state index is -3.32. The van der Waals surface area contributed by atoms with Crippen LogP contribution in [0.4, 0.5) is 0 Å². The summed E-state index contributed by atoms with van der Waals surface area (Å²) in [7, 11) is -3.32. The molecular formula is C17H26N2O2S. The second-order valence-electron chi connectivity index (χ2n) is 7.91. The zero-order valence-corrected chi connectivity index (χ0v) is 14.5. The van der Waals surface area contributed by atoms with E-state index in [-0.39, 0.29) is 0 Å². The predicted octanol–water partition coefficient (Wildman–Crippen LogP) is 2.29. The SMILES string of the molecule is CC(C)(C)CN1C[C@@H]2CN(S(=O)(=O)c3ccccc3)C[C@@H]2C1. The van der Waals surface area contributed by atoms with Gasteiger partial charge in [0, 0.05) is 32.7 Å². The van der Waals surface area contributed by atoms with Crippen molar-refractivity contribution < 1.29 is 8.42 Å². The van der Waals surface area contributed by atoms with Crippen LogP contribution in [0.3, 0.4) is 0 Å². The maximum atomic E-state index is 12.7. The monoisotopic (exact) mass is 322 g/mol. The van der Waals surface area contributed by atoms with Gasteiger partial charge in [0.05, 0.1) is 4.90 Å². The van der Waals surface area contributed by atoms with Crippen LogP contribution in [0.2, 0.25) is 0 Å². The topological polar surface area (TPSA) is 40.6 Å². The van der Waals surface area contributed by atoms with Gasteiger partial charge in [0.1, 0.15) is 0 Å². The number of nitrogens with zero attached hydrogens (tertiary/aromatic N) is 2. The van der Waals surface area contributed by atoms with Crippen molar-refractivity contribution in [2.75, 3.05) is 32.7 Å². The first-order chi connectivity index (χ1) is 10.3. The third-order valence-electron chi connectivity index (χ3n) is 4.61. The molecule has 2 heterocycles. The van der Waals surface area contributed by atoms with Gasteiger partial charge in [-0.15, -0.1) is 0 Å². The van der Waals surface area contributed by atoms with Crippen molar-refractivity contribution in [3.8, 4) is 0 Å². The van der Waals surface area contributed by atoms with Gasteiger partial charge in [-0.25, -0.2) is 8.42 Å². The molecule has 0 N–H and O–H groups in total. The number of fused-ring (bicyclic) bond motifs is 1. The van der Waals surface area contributed by atoms with E-state index in [1.807, 2.05) is 6.07 Å². The predicted molar refractivity (Wildman–Crippen MR) is 88.1 cm³/mol. The summed E-state index contributed by atoms with van der Waals surface area (Å²) in [5.74, 6) is 0.974. The first-order valence-electron chi connectivity index (χ1n) is 8.03. The van der Waals surface area contributed by atoms with Crippen LogP contribution in [0.5, 0.6) is 0 Å². The summed E-state index contributed by atoms with van der Waals surface area (Å²) >= 11 is 0. The smallest absolute Gasteiger partial charge is 0.243 e. The Kier molecular flexibility index (Phi) is 4.08. The summed E-state index contributed by atoms with van der Waals surface area (Å²) in [5.41, 5.74) is 0.300. The largest absolute Gasteiger partial charge is 0.302 e. The van der Waals surface area contributed by atoms with Crippen LogP contribution in [-0.4, -0.2) is 50.3 Å². The first kappa shape index (κ1) is 16.0. The van der Waals surface area contributed by atoms with Crippen LogP contribution in [0.15, 0.2) is 35.2 Å². The highest BCUT2D eigenvalue weighted by Gasteiger charge is 2.44. The third kappa shape index (κ3) is 3.21. The maximum Gasteiger partial charge on any atom is 0.243 e. The summed E-state index contributed by atoms with van der Waals surface area (Å²) in [6.45, 7) is 11.3. The summed E-state index contributed by atoms with van der Waals surface area (Å²) in [4.78, 5) is 2.92. The molecule has 2 atom stereocenters. The average Bonchev–Trinajstić information content (AvgIpc) is 2.96. The Bertz CT molecular complexity index is 608. The van der Waals surface area contributed by atoms with Gasteiger partial charge in [-0.2, -0.15) is 4.31 Å². The lowest BCUT2D eigenvalue weighted by molar-refractivity contribution is 0.209. The molecule has 0 amide bonds. The van der Waals surface area contributed by atoms with Gasteiger partial charge in [-0.3, -0.25) is 0 Å². The van der Waals surface area contributed by atoms with Crippen molar-refractivity contribution in [3.05, 3.63) is 30.3 Å². The van der Waals surface area contributed by atoms with Crippen molar-refractivity contribution in [1.82, 2.24) is 9.21 Å². The summed E-state index contributed by atoms with van der Waals surface area (Å²) in [6.07, 6.45) is 0. The van der Waals surface area contributed by atoms with Crippen molar-refractivity contribution in [1.29, 1.82) is 0 Å². The van der Waals surface area contributed by atoms with Gasteiger partial charge < -0.3 is 4.90 Å². The lowest BCUT2D eigenvalue weighted by Crippen LogP contribution is -2.36. The zero-order valence-electron chi connectivity index (χ0n) is 13.7. The second-order valence-corrected chi connectivity index (χ2v) is 9.85. The third-order valence-corrected chi connectivity index (χ3v) is 6.45. The Labute approximate surface area is 134 Å². The van der Waals surface area contributed by atoms with Crippen LogP contribution in [-0.2, 0) is 10.0 Å². The average molecular weight is 322 g/mol. The Morgan fingerprint density at radius 2 is 1.55 bits per heavy atom. The Morgan fingerprint density at radius 1 is 1.00 bits per heavy atom. The van der Waals surface area contributed by atoms with Crippen molar-refractivity contribution in [2.24, 2.45) is 17.3 Å². The maximum absolute atomic E-state index is 12.7. The van der Waals surface area contributed by atoms with Crippen LogP contribution in [0, 0.1) is 17.3 Å². The fraction of sp³-hybridized carbons (Fsp3) is 0.647. The van der Waals surface area contributed by atoms with E-state index in [0.717, 1.165) is 19.6 Å². The van der Waals surface area contributed by atoms with Crippen LogP contribution < -0.4 is 0 Å². The van der Waals surface area contributed by atoms with E-state index in [0.29, 0.717) is 35.2 Å². The molecule has 1 aromatic carbocycles. The van der Waals surface area contributed by atoms with E-state index < -0.39 is 10.0 Å². The molecule has 22 heavy (non-hydrogen) atoms. The molecule has 2 aliphatic rings. The van der Waals surface area contributed by atoms with Gasteiger partial charge in [0.25, 0.3) is 0 Å². The van der Waals surface area contributed by atoms with Gasteiger partial charge in [0.15, 0.2) is 0 Å². The van der Waals surface area contributed by atoms with E-state index in [4.69, 9.17) is 0 Å². The van der Waals surface area contributed by atoms with Crippen LogP contribution >= 0.6 is 0 Å². The van der Waals surface area contributed by atoms with Crippen molar-refractivity contribution in [3.63, 3.8) is 0 Å². The summed E-state index contributed by atoms with van der Waals surface area (Å²) in [6, 6.07) is 8.80. The number of hydrogen-bond donors (Lipinski definition) is 0. The molecule has 0 spiro atoms.